The third-order valence-corrected chi connectivity index (χ3v) is 3.85. The summed E-state index contributed by atoms with van der Waals surface area (Å²) in [6, 6.07) is 4.32. The minimum absolute atomic E-state index is 0.179. The molecule has 1 aliphatic rings. The first-order chi connectivity index (χ1) is 8.48. The van der Waals surface area contributed by atoms with Crippen LogP contribution in [-0.2, 0) is 12.8 Å². The van der Waals surface area contributed by atoms with Crippen molar-refractivity contribution in [3.05, 3.63) is 41.2 Å². The van der Waals surface area contributed by atoms with Crippen molar-refractivity contribution in [1.82, 2.24) is 4.98 Å². The van der Waals surface area contributed by atoms with Gasteiger partial charge in [0, 0.05) is 18.3 Å². The lowest BCUT2D eigenvalue weighted by Gasteiger charge is -2.32. The Labute approximate surface area is 115 Å². The van der Waals surface area contributed by atoms with Crippen molar-refractivity contribution in [3.63, 3.8) is 0 Å². The van der Waals surface area contributed by atoms with E-state index < -0.39 is 0 Å². The topological polar surface area (TPSA) is 12.9 Å². The molecule has 0 N–H and O–H groups in total. The summed E-state index contributed by atoms with van der Waals surface area (Å²) in [5, 5.41) is 0.179. The molecule has 1 unspecified atom stereocenters. The van der Waals surface area contributed by atoms with Crippen LogP contribution in [0.4, 0.5) is 0 Å². The molecule has 0 spiro atoms. The maximum Gasteiger partial charge on any atom is 0.0523 e. The average Bonchev–Trinajstić information content (AvgIpc) is 2.27. The second kappa shape index (κ2) is 5.44. The van der Waals surface area contributed by atoms with Crippen LogP contribution in [0.3, 0.4) is 0 Å². The van der Waals surface area contributed by atoms with E-state index in [2.05, 4.69) is 44.0 Å². The van der Waals surface area contributed by atoms with E-state index in [1.54, 1.807) is 0 Å². The molecule has 1 heterocycles. The van der Waals surface area contributed by atoms with Gasteiger partial charge in [0.15, 0.2) is 0 Å². The number of halogens is 1. The van der Waals surface area contributed by atoms with Crippen molar-refractivity contribution >= 4 is 11.6 Å². The summed E-state index contributed by atoms with van der Waals surface area (Å²) in [5.41, 5.74) is 4.20. The van der Waals surface area contributed by atoms with Crippen LogP contribution in [-0.4, -0.2) is 10.4 Å². The van der Waals surface area contributed by atoms with Gasteiger partial charge in [-0.25, -0.2) is 0 Å². The lowest BCUT2D eigenvalue weighted by Crippen LogP contribution is -2.23. The monoisotopic (exact) mass is 263 g/mol. The smallest absolute Gasteiger partial charge is 0.0523 e. The molecule has 98 valence electrons. The standard InChI is InChI=1S/C16H22ClN/c1-4-12-5-6-15(18-11-12)8-13-7-14(17)10-16(2,3)9-13/h5-7,11,14H,4,8-10H2,1-3H3. The van der Waals surface area contributed by atoms with Gasteiger partial charge < -0.3 is 0 Å². The molecule has 1 nitrogen and oxygen atoms in total. The van der Waals surface area contributed by atoms with Gasteiger partial charge in [-0.3, -0.25) is 4.98 Å². The van der Waals surface area contributed by atoms with E-state index >= 15 is 0 Å². The number of rotatable bonds is 3. The zero-order valence-corrected chi connectivity index (χ0v) is 12.3. The second-order valence-electron chi connectivity index (χ2n) is 6.07. The minimum atomic E-state index is 0.179. The first-order valence-corrected chi connectivity index (χ1v) is 7.19. The van der Waals surface area contributed by atoms with Crippen LogP contribution in [0.5, 0.6) is 0 Å². The Kier molecular flexibility index (Phi) is 4.11. The largest absolute Gasteiger partial charge is 0.261 e. The first kappa shape index (κ1) is 13.6. The van der Waals surface area contributed by atoms with Crippen molar-refractivity contribution < 1.29 is 0 Å². The van der Waals surface area contributed by atoms with Gasteiger partial charge in [0.2, 0.25) is 0 Å². The first-order valence-electron chi connectivity index (χ1n) is 6.76. The zero-order valence-electron chi connectivity index (χ0n) is 11.5. The number of alkyl halides is 1. The number of aromatic nitrogens is 1. The fourth-order valence-electron chi connectivity index (χ4n) is 2.71. The molecular weight excluding hydrogens is 242 g/mol. The molecule has 18 heavy (non-hydrogen) atoms. The quantitative estimate of drug-likeness (QED) is 0.576. The summed E-state index contributed by atoms with van der Waals surface area (Å²) in [6.07, 6.45) is 8.40. The van der Waals surface area contributed by atoms with Crippen molar-refractivity contribution in [2.45, 2.75) is 51.8 Å². The van der Waals surface area contributed by atoms with Crippen LogP contribution in [0.25, 0.3) is 0 Å². The second-order valence-corrected chi connectivity index (χ2v) is 6.63. The molecule has 2 rings (SSSR count). The molecule has 2 heteroatoms. The Hall–Kier alpha value is -0.820. The highest BCUT2D eigenvalue weighted by atomic mass is 35.5. The Morgan fingerprint density at radius 2 is 2.17 bits per heavy atom. The summed E-state index contributed by atoms with van der Waals surface area (Å²) < 4.78 is 0. The highest BCUT2D eigenvalue weighted by Gasteiger charge is 2.27. The van der Waals surface area contributed by atoms with E-state index in [1.165, 1.54) is 11.1 Å². The number of pyridine rings is 1. The number of nitrogens with zero attached hydrogens (tertiary/aromatic N) is 1. The summed E-state index contributed by atoms with van der Waals surface area (Å²) in [7, 11) is 0. The van der Waals surface area contributed by atoms with Gasteiger partial charge in [-0.15, -0.1) is 11.6 Å². The van der Waals surface area contributed by atoms with E-state index in [4.69, 9.17) is 11.6 Å². The van der Waals surface area contributed by atoms with Gasteiger partial charge in [-0.1, -0.05) is 38.5 Å². The van der Waals surface area contributed by atoms with Crippen LogP contribution in [0.1, 0.15) is 44.9 Å². The van der Waals surface area contributed by atoms with E-state index in [0.29, 0.717) is 5.41 Å². The van der Waals surface area contributed by atoms with E-state index in [1.807, 2.05) is 6.20 Å². The molecule has 1 aromatic rings. The zero-order chi connectivity index (χ0) is 13.2. The molecular formula is C16H22ClN. The highest BCUT2D eigenvalue weighted by Crippen LogP contribution is 2.38. The molecule has 1 aromatic heterocycles. The maximum atomic E-state index is 6.31. The van der Waals surface area contributed by atoms with Gasteiger partial charge >= 0.3 is 0 Å². The minimum Gasteiger partial charge on any atom is -0.261 e. The van der Waals surface area contributed by atoms with Crippen LogP contribution < -0.4 is 0 Å². The molecule has 1 atom stereocenters. The lowest BCUT2D eigenvalue weighted by molar-refractivity contribution is 0.320. The van der Waals surface area contributed by atoms with Crippen molar-refractivity contribution in [3.8, 4) is 0 Å². The van der Waals surface area contributed by atoms with Crippen molar-refractivity contribution in [1.29, 1.82) is 0 Å². The van der Waals surface area contributed by atoms with E-state index in [-0.39, 0.29) is 5.38 Å². The van der Waals surface area contributed by atoms with E-state index in [9.17, 15) is 0 Å². The number of aryl methyl sites for hydroxylation is 1. The molecule has 0 aromatic carbocycles. The van der Waals surface area contributed by atoms with Crippen LogP contribution in [0.15, 0.2) is 30.0 Å². The maximum absolute atomic E-state index is 6.31. The van der Waals surface area contributed by atoms with Crippen molar-refractivity contribution in [2.75, 3.05) is 0 Å². The molecule has 0 saturated heterocycles. The van der Waals surface area contributed by atoms with Gasteiger partial charge in [-0.2, -0.15) is 0 Å². The Morgan fingerprint density at radius 1 is 1.39 bits per heavy atom. The Bertz CT molecular complexity index is 431. The molecule has 0 aliphatic heterocycles. The van der Waals surface area contributed by atoms with Crippen molar-refractivity contribution in [2.24, 2.45) is 5.41 Å². The van der Waals surface area contributed by atoms with Gasteiger partial charge in [0.1, 0.15) is 0 Å². The lowest BCUT2D eigenvalue weighted by atomic mass is 9.76. The fourth-order valence-corrected chi connectivity index (χ4v) is 3.31. The molecule has 0 fully saturated rings. The molecule has 0 bridgehead atoms. The summed E-state index contributed by atoms with van der Waals surface area (Å²) in [6.45, 7) is 6.74. The Balaban J connectivity index is 2.08. The SMILES string of the molecule is CCc1ccc(CC2=CC(Cl)CC(C)(C)C2)nc1. The summed E-state index contributed by atoms with van der Waals surface area (Å²) in [4.78, 5) is 4.53. The Morgan fingerprint density at radius 3 is 2.72 bits per heavy atom. The van der Waals surface area contributed by atoms with Gasteiger partial charge in [0.25, 0.3) is 0 Å². The van der Waals surface area contributed by atoms with Gasteiger partial charge in [-0.05, 0) is 36.3 Å². The highest BCUT2D eigenvalue weighted by molar-refractivity contribution is 6.21. The fraction of sp³-hybridized carbons (Fsp3) is 0.562. The number of hydrogen-bond donors (Lipinski definition) is 0. The molecule has 0 radical (unpaired) electrons. The number of allylic oxidation sites excluding steroid dienone is 2. The summed E-state index contributed by atoms with van der Waals surface area (Å²) >= 11 is 6.31. The molecule has 0 amide bonds. The average molecular weight is 264 g/mol. The summed E-state index contributed by atoms with van der Waals surface area (Å²) in [5.74, 6) is 0. The van der Waals surface area contributed by atoms with Crippen LogP contribution in [0, 0.1) is 5.41 Å². The molecule has 0 saturated carbocycles. The predicted octanol–water partition coefficient (Wildman–Crippen LogP) is 4.54. The van der Waals surface area contributed by atoms with Gasteiger partial charge in [0.05, 0.1) is 5.38 Å². The number of hydrogen-bond acceptors (Lipinski definition) is 1. The van der Waals surface area contributed by atoms with Crippen LogP contribution >= 0.6 is 11.6 Å². The predicted molar refractivity (Wildman–Crippen MR) is 78.1 cm³/mol. The molecule has 1 aliphatic carbocycles. The third kappa shape index (κ3) is 3.58. The normalized spacial score (nSPS) is 22.7. The van der Waals surface area contributed by atoms with Crippen LogP contribution in [0.2, 0.25) is 0 Å². The van der Waals surface area contributed by atoms with E-state index in [0.717, 1.165) is 31.4 Å². The third-order valence-electron chi connectivity index (χ3n) is 3.57.